The van der Waals surface area contributed by atoms with Gasteiger partial charge in [0, 0.05) is 30.2 Å². The number of anilines is 2. The molecule has 0 atom stereocenters. The second-order valence-electron chi connectivity index (χ2n) is 9.08. The number of nitrogens with zero attached hydrogens (tertiary/aromatic N) is 4. The van der Waals surface area contributed by atoms with Gasteiger partial charge in [-0.05, 0) is 81.0 Å². The molecule has 0 fully saturated rings. The van der Waals surface area contributed by atoms with Crippen LogP contribution in [0.1, 0.15) is 36.7 Å². The Balaban J connectivity index is 1.66. The molecule has 7 nitrogen and oxygen atoms in total. The van der Waals surface area contributed by atoms with E-state index in [1.54, 1.807) is 48.2 Å². The molecule has 0 unspecified atom stereocenters. The molecule has 0 N–H and O–H groups in total. The number of rotatable bonds is 11. The molecule has 0 saturated carbocycles. The van der Waals surface area contributed by atoms with Gasteiger partial charge in [0.25, 0.3) is 15.9 Å². The summed E-state index contributed by atoms with van der Waals surface area (Å²) in [7, 11) is -3.79. The number of para-hydroxylation sites is 1. The van der Waals surface area contributed by atoms with Gasteiger partial charge in [0.05, 0.1) is 20.8 Å². The van der Waals surface area contributed by atoms with Crippen molar-refractivity contribution in [3.05, 3.63) is 82.9 Å². The van der Waals surface area contributed by atoms with Gasteiger partial charge in [-0.15, -0.1) is 0 Å². The molecule has 206 valence electrons. The number of sulfonamides is 1. The smallest absolute Gasteiger partial charge is 0.264 e. The zero-order chi connectivity index (χ0) is 28.2. The van der Waals surface area contributed by atoms with Crippen molar-refractivity contribution in [2.75, 3.05) is 41.9 Å². The second-order valence-corrected chi connectivity index (χ2v) is 12.4. The molecule has 4 rings (SSSR count). The SMILES string of the molecule is CCN(CC)CCN(C(=O)c1ccc(S(=O)(=O)N(CC)c2ccccc2)cc1)c1nc2c(C)cc(Cl)cc2s1. The third-order valence-corrected chi connectivity index (χ3v) is 9.83. The lowest BCUT2D eigenvalue weighted by molar-refractivity contribution is 0.0983. The molecule has 0 aliphatic heterocycles. The quantitative estimate of drug-likeness (QED) is 0.202. The minimum Gasteiger partial charge on any atom is -0.302 e. The van der Waals surface area contributed by atoms with Gasteiger partial charge < -0.3 is 4.90 Å². The van der Waals surface area contributed by atoms with E-state index in [1.807, 2.05) is 25.1 Å². The fraction of sp³-hybridized carbons (Fsp3) is 0.310. The zero-order valence-electron chi connectivity index (χ0n) is 22.6. The van der Waals surface area contributed by atoms with E-state index < -0.39 is 10.0 Å². The Morgan fingerprint density at radius 1 is 0.923 bits per heavy atom. The van der Waals surface area contributed by atoms with Gasteiger partial charge in [-0.3, -0.25) is 14.0 Å². The number of likely N-dealkylation sites (N-methyl/N-ethyl adjacent to an activating group) is 1. The lowest BCUT2D eigenvalue weighted by atomic mass is 10.2. The highest BCUT2D eigenvalue weighted by Gasteiger charge is 2.26. The Bertz CT molecular complexity index is 1540. The summed E-state index contributed by atoms with van der Waals surface area (Å²) < 4.78 is 29.1. The molecular weight excluding hydrogens is 552 g/mol. The van der Waals surface area contributed by atoms with Crippen LogP contribution in [0.5, 0.6) is 0 Å². The van der Waals surface area contributed by atoms with Crippen molar-refractivity contribution in [2.24, 2.45) is 0 Å². The van der Waals surface area contributed by atoms with Crippen molar-refractivity contribution < 1.29 is 13.2 Å². The van der Waals surface area contributed by atoms with Crippen molar-refractivity contribution >= 4 is 59.9 Å². The van der Waals surface area contributed by atoms with E-state index in [0.717, 1.165) is 28.9 Å². The number of aromatic nitrogens is 1. The highest BCUT2D eigenvalue weighted by atomic mass is 35.5. The van der Waals surface area contributed by atoms with Crippen LogP contribution < -0.4 is 9.21 Å². The summed E-state index contributed by atoms with van der Waals surface area (Å²) in [5.41, 5.74) is 2.76. The monoisotopic (exact) mass is 584 g/mol. The zero-order valence-corrected chi connectivity index (χ0v) is 25.0. The van der Waals surface area contributed by atoms with E-state index in [0.29, 0.717) is 34.5 Å². The average Bonchev–Trinajstić information content (AvgIpc) is 3.36. The number of amides is 1. The molecule has 1 aromatic heterocycles. The van der Waals surface area contributed by atoms with Gasteiger partial charge in [0.2, 0.25) is 0 Å². The molecule has 3 aromatic carbocycles. The molecule has 39 heavy (non-hydrogen) atoms. The standard InChI is InChI=1S/C29H33ClN4O3S2/c1-5-32(6-2)17-18-33(29-31-27-21(4)19-23(30)20-26(27)38-29)28(35)22-13-15-25(16-14-22)39(36,37)34(7-3)24-11-9-8-10-12-24/h8-16,19-20H,5-7,17-18H2,1-4H3. The number of aryl methyl sites for hydroxylation is 1. The minimum absolute atomic E-state index is 0.129. The van der Waals surface area contributed by atoms with E-state index in [1.165, 1.54) is 27.8 Å². The molecule has 0 bridgehead atoms. The lowest BCUT2D eigenvalue weighted by Gasteiger charge is -2.25. The first-order chi connectivity index (χ1) is 18.7. The van der Waals surface area contributed by atoms with Crippen LogP contribution in [0.2, 0.25) is 5.02 Å². The molecule has 0 radical (unpaired) electrons. The van der Waals surface area contributed by atoms with Gasteiger partial charge in [0.1, 0.15) is 0 Å². The number of fused-ring (bicyclic) bond motifs is 1. The third-order valence-electron chi connectivity index (χ3n) is 6.67. The van der Waals surface area contributed by atoms with Crippen LogP contribution in [-0.4, -0.2) is 56.9 Å². The molecule has 0 spiro atoms. The molecule has 10 heteroatoms. The van der Waals surface area contributed by atoms with E-state index in [4.69, 9.17) is 16.6 Å². The van der Waals surface area contributed by atoms with Gasteiger partial charge in [-0.1, -0.05) is 55.0 Å². The Kier molecular flexibility index (Phi) is 9.27. The van der Waals surface area contributed by atoms with Crippen LogP contribution in [0, 0.1) is 6.92 Å². The molecule has 0 aliphatic carbocycles. The average molecular weight is 585 g/mol. The normalized spacial score (nSPS) is 11.7. The Morgan fingerprint density at radius 2 is 1.59 bits per heavy atom. The first-order valence-corrected chi connectivity index (χ1v) is 15.6. The lowest BCUT2D eigenvalue weighted by Crippen LogP contribution is -2.39. The van der Waals surface area contributed by atoms with Gasteiger partial charge >= 0.3 is 0 Å². The molecule has 1 amide bonds. The highest BCUT2D eigenvalue weighted by Crippen LogP contribution is 2.34. The summed E-state index contributed by atoms with van der Waals surface area (Å²) in [4.78, 5) is 22.7. The van der Waals surface area contributed by atoms with Crippen molar-refractivity contribution in [3.63, 3.8) is 0 Å². The Morgan fingerprint density at radius 3 is 2.21 bits per heavy atom. The first kappa shape index (κ1) is 29.0. The number of carbonyl (C=O) groups excluding carboxylic acids is 1. The first-order valence-electron chi connectivity index (χ1n) is 13.0. The molecule has 0 aliphatic rings. The number of hydrogen-bond acceptors (Lipinski definition) is 6. The highest BCUT2D eigenvalue weighted by molar-refractivity contribution is 7.92. The number of hydrogen-bond donors (Lipinski definition) is 0. The van der Waals surface area contributed by atoms with E-state index in [2.05, 4.69) is 18.7 Å². The van der Waals surface area contributed by atoms with Crippen molar-refractivity contribution in [3.8, 4) is 0 Å². The second kappa shape index (κ2) is 12.5. The van der Waals surface area contributed by atoms with E-state index >= 15 is 0 Å². The van der Waals surface area contributed by atoms with Gasteiger partial charge in [-0.2, -0.15) is 0 Å². The summed E-state index contributed by atoms with van der Waals surface area (Å²) in [6.07, 6.45) is 0. The van der Waals surface area contributed by atoms with Crippen molar-refractivity contribution in [2.45, 2.75) is 32.6 Å². The molecule has 4 aromatic rings. The maximum absolute atomic E-state index is 13.8. The summed E-state index contributed by atoms with van der Waals surface area (Å²) in [6, 6.07) is 18.9. The predicted octanol–water partition coefficient (Wildman–Crippen LogP) is 6.46. The van der Waals surface area contributed by atoms with Crippen LogP contribution in [0.4, 0.5) is 10.8 Å². The number of thiazole rings is 1. The maximum atomic E-state index is 13.8. The molecule has 0 saturated heterocycles. The van der Waals surface area contributed by atoms with Crippen LogP contribution >= 0.6 is 22.9 Å². The maximum Gasteiger partial charge on any atom is 0.264 e. The van der Waals surface area contributed by atoms with Crippen LogP contribution in [0.3, 0.4) is 0 Å². The Hall–Kier alpha value is -2.98. The molecular formula is C29H33ClN4O3S2. The van der Waals surface area contributed by atoms with Crippen LogP contribution in [0.15, 0.2) is 71.6 Å². The topological polar surface area (TPSA) is 73.8 Å². The van der Waals surface area contributed by atoms with Crippen molar-refractivity contribution in [1.29, 1.82) is 0 Å². The van der Waals surface area contributed by atoms with Crippen LogP contribution in [-0.2, 0) is 10.0 Å². The Labute approximate surface area is 239 Å². The van der Waals surface area contributed by atoms with Crippen molar-refractivity contribution in [1.82, 2.24) is 9.88 Å². The van der Waals surface area contributed by atoms with Gasteiger partial charge in [-0.25, -0.2) is 13.4 Å². The molecule has 1 heterocycles. The largest absolute Gasteiger partial charge is 0.302 e. The minimum atomic E-state index is -3.79. The van der Waals surface area contributed by atoms with E-state index in [-0.39, 0.29) is 17.3 Å². The number of halogens is 1. The predicted molar refractivity (Wildman–Crippen MR) is 162 cm³/mol. The van der Waals surface area contributed by atoms with E-state index in [9.17, 15) is 13.2 Å². The fourth-order valence-electron chi connectivity index (χ4n) is 4.46. The summed E-state index contributed by atoms with van der Waals surface area (Å²) >= 11 is 7.70. The third kappa shape index (κ3) is 6.27. The number of benzene rings is 3. The summed E-state index contributed by atoms with van der Waals surface area (Å²) in [5.74, 6) is -0.232. The number of carbonyl (C=O) groups is 1. The summed E-state index contributed by atoms with van der Waals surface area (Å²) in [5, 5.41) is 1.22. The fourth-order valence-corrected chi connectivity index (χ4v) is 7.38. The van der Waals surface area contributed by atoms with Gasteiger partial charge in [0.15, 0.2) is 5.13 Å². The van der Waals surface area contributed by atoms with Crippen LogP contribution in [0.25, 0.3) is 10.2 Å². The summed E-state index contributed by atoms with van der Waals surface area (Å²) in [6.45, 7) is 11.1.